The highest BCUT2D eigenvalue weighted by molar-refractivity contribution is 5.47. The van der Waals surface area contributed by atoms with Crippen molar-refractivity contribution in [2.45, 2.75) is 45.7 Å². The summed E-state index contributed by atoms with van der Waals surface area (Å²) in [4.78, 5) is 2.21. The van der Waals surface area contributed by atoms with Crippen LogP contribution < -0.4 is 5.32 Å². The van der Waals surface area contributed by atoms with Crippen LogP contribution >= 0.6 is 0 Å². The molecule has 1 aliphatic rings. The van der Waals surface area contributed by atoms with Gasteiger partial charge in [0.2, 0.25) is 0 Å². The number of anilines is 1. The molecule has 0 aromatic heterocycles. The summed E-state index contributed by atoms with van der Waals surface area (Å²) in [5.74, 6) is 0. The van der Waals surface area contributed by atoms with Crippen molar-refractivity contribution < 1.29 is 0 Å². The Morgan fingerprint density at radius 1 is 1.33 bits per heavy atom. The van der Waals surface area contributed by atoms with E-state index in [2.05, 4.69) is 62.4 Å². The summed E-state index contributed by atoms with van der Waals surface area (Å²) in [5.41, 5.74) is 3.08. The molecule has 1 atom stereocenters. The van der Waals surface area contributed by atoms with E-state index in [9.17, 15) is 0 Å². The van der Waals surface area contributed by atoms with Crippen molar-refractivity contribution in [2.24, 2.45) is 5.41 Å². The van der Waals surface area contributed by atoms with Crippen molar-refractivity contribution in [2.75, 3.05) is 19.4 Å². The quantitative estimate of drug-likeness (QED) is 0.870. The molecule has 1 fully saturated rings. The van der Waals surface area contributed by atoms with Gasteiger partial charge in [0.05, 0.1) is 0 Å². The largest absolute Gasteiger partial charge is 0.382 e. The monoisotopic (exact) mass is 246 g/mol. The second-order valence-electron chi connectivity index (χ2n) is 6.52. The second-order valence-corrected chi connectivity index (χ2v) is 6.52. The van der Waals surface area contributed by atoms with Crippen LogP contribution in [0.1, 0.15) is 38.7 Å². The van der Waals surface area contributed by atoms with Crippen molar-refractivity contribution in [3.8, 4) is 0 Å². The summed E-state index contributed by atoms with van der Waals surface area (Å²) in [7, 11) is 4.22. The highest BCUT2D eigenvalue weighted by Crippen LogP contribution is 2.39. The van der Waals surface area contributed by atoms with E-state index >= 15 is 0 Å². The SMILES string of the molecule is CN(C)Cc1cccc(NC2CCCC2(C)C)c1. The highest BCUT2D eigenvalue weighted by atomic mass is 15.0. The molecule has 100 valence electrons. The van der Waals surface area contributed by atoms with Crippen LogP contribution in [0.15, 0.2) is 24.3 Å². The van der Waals surface area contributed by atoms with Crippen molar-refractivity contribution in [1.29, 1.82) is 0 Å². The predicted octanol–water partition coefficient (Wildman–Crippen LogP) is 3.74. The number of benzene rings is 1. The molecule has 0 aliphatic heterocycles. The molecule has 1 aromatic carbocycles. The minimum absolute atomic E-state index is 0.428. The number of hydrogen-bond donors (Lipinski definition) is 1. The van der Waals surface area contributed by atoms with E-state index in [-0.39, 0.29) is 0 Å². The Hall–Kier alpha value is -1.02. The lowest BCUT2D eigenvalue weighted by molar-refractivity contribution is 0.350. The molecule has 1 aromatic rings. The average molecular weight is 246 g/mol. The van der Waals surface area contributed by atoms with E-state index in [0.717, 1.165) is 6.54 Å². The fraction of sp³-hybridized carbons (Fsp3) is 0.625. The number of rotatable bonds is 4. The Kier molecular flexibility index (Phi) is 3.96. The molecule has 0 heterocycles. The number of hydrogen-bond acceptors (Lipinski definition) is 2. The first-order valence-electron chi connectivity index (χ1n) is 6.97. The van der Waals surface area contributed by atoms with Gasteiger partial charge in [-0.2, -0.15) is 0 Å². The van der Waals surface area contributed by atoms with E-state index in [1.165, 1.54) is 30.5 Å². The van der Waals surface area contributed by atoms with Gasteiger partial charge < -0.3 is 10.2 Å². The zero-order chi connectivity index (χ0) is 13.2. The zero-order valence-electron chi connectivity index (χ0n) is 12.2. The molecule has 0 spiro atoms. The van der Waals surface area contributed by atoms with E-state index in [1.54, 1.807) is 0 Å². The molecule has 2 nitrogen and oxygen atoms in total. The van der Waals surface area contributed by atoms with Crippen LogP contribution in [0.4, 0.5) is 5.69 Å². The first-order valence-corrected chi connectivity index (χ1v) is 6.97. The van der Waals surface area contributed by atoms with Gasteiger partial charge in [0.15, 0.2) is 0 Å². The van der Waals surface area contributed by atoms with Crippen LogP contribution in [0.5, 0.6) is 0 Å². The van der Waals surface area contributed by atoms with Gasteiger partial charge in [-0.25, -0.2) is 0 Å². The summed E-state index contributed by atoms with van der Waals surface area (Å²) >= 11 is 0. The highest BCUT2D eigenvalue weighted by Gasteiger charge is 2.34. The minimum atomic E-state index is 0.428. The van der Waals surface area contributed by atoms with Crippen LogP contribution in [-0.4, -0.2) is 25.0 Å². The average Bonchev–Trinajstić information content (AvgIpc) is 2.58. The molecule has 1 aliphatic carbocycles. The first-order chi connectivity index (χ1) is 8.47. The fourth-order valence-corrected chi connectivity index (χ4v) is 2.92. The standard InChI is InChI=1S/C16H26N2/c1-16(2)10-6-9-15(16)17-14-8-5-7-13(11-14)12-18(3)4/h5,7-8,11,15,17H,6,9-10,12H2,1-4H3. The molecule has 2 rings (SSSR count). The smallest absolute Gasteiger partial charge is 0.0345 e. The second kappa shape index (κ2) is 5.31. The topological polar surface area (TPSA) is 15.3 Å². The Morgan fingerprint density at radius 3 is 2.72 bits per heavy atom. The fourth-order valence-electron chi connectivity index (χ4n) is 2.92. The van der Waals surface area contributed by atoms with Gasteiger partial charge in [-0.3, -0.25) is 0 Å². The van der Waals surface area contributed by atoms with Gasteiger partial charge in [0, 0.05) is 18.3 Å². The molecule has 1 N–H and O–H groups in total. The Bertz CT molecular complexity index is 396. The van der Waals surface area contributed by atoms with Gasteiger partial charge in [-0.15, -0.1) is 0 Å². The summed E-state index contributed by atoms with van der Waals surface area (Å²) in [6, 6.07) is 9.45. The van der Waals surface area contributed by atoms with Crippen molar-refractivity contribution in [3.63, 3.8) is 0 Å². The lowest BCUT2D eigenvalue weighted by Crippen LogP contribution is -2.30. The van der Waals surface area contributed by atoms with Crippen molar-refractivity contribution in [3.05, 3.63) is 29.8 Å². The lowest BCUT2D eigenvalue weighted by atomic mass is 9.87. The molecule has 18 heavy (non-hydrogen) atoms. The minimum Gasteiger partial charge on any atom is -0.382 e. The van der Waals surface area contributed by atoms with Crippen LogP contribution in [0.25, 0.3) is 0 Å². The maximum absolute atomic E-state index is 3.73. The van der Waals surface area contributed by atoms with Crippen molar-refractivity contribution >= 4 is 5.69 Å². The van der Waals surface area contributed by atoms with Gasteiger partial charge in [0.25, 0.3) is 0 Å². The van der Waals surface area contributed by atoms with Crippen LogP contribution in [-0.2, 0) is 6.54 Å². The van der Waals surface area contributed by atoms with E-state index in [1.807, 2.05) is 0 Å². The van der Waals surface area contributed by atoms with E-state index in [0.29, 0.717) is 11.5 Å². The lowest BCUT2D eigenvalue weighted by Gasteiger charge is -2.29. The molecule has 2 heteroatoms. The third kappa shape index (κ3) is 3.26. The van der Waals surface area contributed by atoms with Crippen LogP contribution in [0.3, 0.4) is 0 Å². The summed E-state index contributed by atoms with van der Waals surface area (Å²) in [6.45, 7) is 5.76. The van der Waals surface area contributed by atoms with Gasteiger partial charge >= 0.3 is 0 Å². The van der Waals surface area contributed by atoms with Gasteiger partial charge in [-0.1, -0.05) is 32.4 Å². The molecule has 0 amide bonds. The number of nitrogens with one attached hydrogen (secondary N) is 1. The molecule has 1 unspecified atom stereocenters. The Labute approximate surface area is 111 Å². The summed E-state index contributed by atoms with van der Waals surface area (Å²) < 4.78 is 0. The number of nitrogens with zero attached hydrogens (tertiary/aromatic N) is 1. The first kappa shape index (κ1) is 13.4. The molecular formula is C16H26N2. The normalized spacial score (nSPS) is 22.4. The maximum Gasteiger partial charge on any atom is 0.0345 e. The summed E-state index contributed by atoms with van der Waals surface area (Å²) in [5, 5.41) is 3.73. The summed E-state index contributed by atoms with van der Waals surface area (Å²) in [6.07, 6.45) is 3.98. The van der Waals surface area contributed by atoms with Crippen molar-refractivity contribution in [1.82, 2.24) is 4.90 Å². The van der Waals surface area contributed by atoms with E-state index < -0.39 is 0 Å². The predicted molar refractivity (Wildman–Crippen MR) is 78.9 cm³/mol. The molecular weight excluding hydrogens is 220 g/mol. The maximum atomic E-state index is 3.73. The zero-order valence-corrected chi connectivity index (χ0v) is 12.2. The van der Waals surface area contributed by atoms with Crippen LogP contribution in [0.2, 0.25) is 0 Å². The Balaban J connectivity index is 2.05. The van der Waals surface area contributed by atoms with Gasteiger partial charge in [-0.05, 0) is 50.0 Å². The molecule has 1 saturated carbocycles. The molecule has 0 radical (unpaired) electrons. The molecule has 0 saturated heterocycles. The third-order valence-corrected chi connectivity index (χ3v) is 4.02. The van der Waals surface area contributed by atoms with Crippen LogP contribution in [0, 0.1) is 5.41 Å². The third-order valence-electron chi connectivity index (χ3n) is 4.02. The van der Waals surface area contributed by atoms with Gasteiger partial charge in [0.1, 0.15) is 0 Å². The Morgan fingerprint density at radius 2 is 2.11 bits per heavy atom. The van der Waals surface area contributed by atoms with E-state index in [4.69, 9.17) is 0 Å². The molecule has 0 bridgehead atoms.